The van der Waals surface area contributed by atoms with Gasteiger partial charge >= 0.3 is 5.76 Å². The molecule has 6 heteroatoms. The predicted octanol–water partition coefficient (Wildman–Crippen LogP) is 3.21. The lowest BCUT2D eigenvalue weighted by molar-refractivity contribution is -0.121. The van der Waals surface area contributed by atoms with Crippen molar-refractivity contribution in [3.8, 4) is 0 Å². The lowest BCUT2D eigenvalue weighted by Crippen LogP contribution is -2.42. The average molecular weight is 396 g/mol. The number of H-pyrrole nitrogens is 1. The van der Waals surface area contributed by atoms with Crippen molar-refractivity contribution in [2.75, 3.05) is 20.6 Å². The molecule has 2 N–H and O–H groups in total. The molecule has 6 nitrogen and oxygen atoms in total. The van der Waals surface area contributed by atoms with Gasteiger partial charge in [0, 0.05) is 19.0 Å². The number of aryl methyl sites for hydroxylation is 1. The molecule has 3 rings (SSSR count). The molecule has 0 aliphatic rings. The molecule has 2 aromatic carbocycles. The number of carbonyl (C=O) groups is 1. The fourth-order valence-corrected chi connectivity index (χ4v) is 3.58. The summed E-state index contributed by atoms with van der Waals surface area (Å²) in [6, 6.07) is 14.1. The number of hydrogen-bond donors (Lipinski definition) is 2. The van der Waals surface area contributed by atoms with Crippen LogP contribution in [0.25, 0.3) is 11.1 Å². The van der Waals surface area contributed by atoms with Crippen molar-refractivity contribution < 1.29 is 9.21 Å². The van der Waals surface area contributed by atoms with Crippen LogP contribution in [0.3, 0.4) is 0 Å². The topological polar surface area (TPSA) is 78.3 Å². The molecular weight excluding hydrogens is 366 g/mol. The highest BCUT2D eigenvalue weighted by Gasteiger charge is 2.18. The fraction of sp³-hybridized carbons (Fsp3) is 0.391. The van der Waals surface area contributed by atoms with Crippen molar-refractivity contribution in [3.05, 3.63) is 69.7 Å². The minimum Gasteiger partial charge on any atom is -0.408 e. The number of carbonyl (C=O) groups excluding carboxylic acids is 1. The maximum atomic E-state index is 12.5. The Hall–Kier alpha value is -2.86. The minimum atomic E-state index is -0.441. The van der Waals surface area contributed by atoms with E-state index in [2.05, 4.69) is 34.3 Å². The maximum Gasteiger partial charge on any atom is 0.417 e. The Balaban J connectivity index is 1.62. The number of nitrogens with one attached hydrogen (secondary N) is 2. The van der Waals surface area contributed by atoms with Crippen LogP contribution in [-0.4, -0.2) is 42.5 Å². The number of amides is 1. The third kappa shape index (κ3) is 5.15. The third-order valence-electron chi connectivity index (χ3n) is 5.53. The summed E-state index contributed by atoms with van der Waals surface area (Å²) in [7, 11) is 4.02. The number of hydrogen-bond acceptors (Lipinski definition) is 4. The molecule has 0 spiro atoms. The molecule has 1 amide bonds. The molecule has 0 unspecified atom stereocenters. The lowest BCUT2D eigenvalue weighted by atomic mass is 9.97. The molecule has 0 radical (unpaired) electrons. The summed E-state index contributed by atoms with van der Waals surface area (Å²) in [4.78, 5) is 28.7. The summed E-state index contributed by atoms with van der Waals surface area (Å²) >= 11 is 0. The zero-order valence-electron chi connectivity index (χ0n) is 17.5. The van der Waals surface area contributed by atoms with Gasteiger partial charge in [-0.15, -0.1) is 0 Å². The third-order valence-corrected chi connectivity index (χ3v) is 5.53. The van der Waals surface area contributed by atoms with Crippen LogP contribution in [0.2, 0.25) is 0 Å². The van der Waals surface area contributed by atoms with E-state index in [1.54, 1.807) is 0 Å². The summed E-state index contributed by atoms with van der Waals surface area (Å²) in [6.07, 6.45) is 1.21. The van der Waals surface area contributed by atoms with Crippen molar-refractivity contribution in [2.45, 2.75) is 38.6 Å². The Morgan fingerprint density at radius 2 is 1.90 bits per heavy atom. The van der Waals surface area contributed by atoms with Gasteiger partial charge in [0.05, 0.1) is 5.52 Å². The van der Waals surface area contributed by atoms with Crippen molar-refractivity contribution in [2.24, 2.45) is 0 Å². The first-order valence-corrected chi connectivity index (χ1v) is 9.94. The second-order valence-corrected chi connectivity index (χ2v) is 7.88. The van der Waals surface area contributed by atoms with Crippen LogP contribution in [0.15, 0.2) is 51.7 Å². The van der Waals surface area contributed by atoms with Crippen molar-refractivity contribution in [1.29, 1.82) is 0 Å². The van der Waals surface area contributed by atoms with Gasteiger partial charge in [0.15, 0.2) is 5.58 Å². The highest BCUT2D eigenvalue weighted by atomic mass is 16.4. The SMILES string of the molecule is Cc1c(C[C@@H](CNC(=O)C[C@H](C)c2ccccc2)N(C)C)ccc2[nH]c(=O)oc12. The van der Waals surface area contributed by atoms with Gasteiger partial charge in [-0.05, 0) is 56.1 Å². The number of oxazole rings is 1. The molecule has 0 saturated carbocycles. The van der Waals surface area contributed by atoms with E-state index < -0.39 is 5.76 Å². The number of benzene rings is 2. The Labute approximate surface area is 170 Å². The maximum absolute atomic E-state index is 12.5. The van der Waals surface area contributed by atoms with Crippen LogP contribution >= 0.6 is 0 Å². The first-order chi connectivity index (χ1) is 13.8. The van der Waals surface area contributed by atoms with Gasteiger partial charge in [-0.1, -0.05) is 43.3 Å². The number of aromatic amines is 1. The van der Waals surface area contributed by atoms with Crippen molar-refractivity contribution >= 4 is 17.0 Å². The van der Waals surface area contributed by atoms with E-state index in [-0.39, 0.29) is 17.9 Å². The van der Waals surface area contributed by atoms with Crippen LogP contribution in [0.1, 0.15) is 36.0 Å². The molecule has 0 aliphatic heterocycles. The van der Waals surface area contributed by atoms with Gasteiger partial charge in [-0.3, -0.25) is 9.78 Å². The Bertz CT molecular complexity index is 1020. The Kier molecular flexibility index (Phi) is 6.54. The Morgan fingerprint density at radius 1 is 1.17 bits per heavy atom. The molecule has 0 fully saturated rings. The summed E-state index contributed by atoms with van der Waals surface area (Å²) in [5.74, 6) is -0.212. The summed E-state index contributed by atoms with van der Waals surface area (Å²) in [5, 5.41) is 3.09. The second kappa shape index (κ2) is 9.09. The second-order valence-electron chi connectivity index (χ2n) is 7.88. The zero-order chi connectivity index (χ0) is 21.0. The number of likely N-dealkylation sites (N-methyl/N-ethyl adjacent to an activating group) is 1. The van der Waals surface area contributed by atoms with Crippen LogP contribution in [-0.2, 0) is 11.2 Å². The van der Waals surface area contributed by atoms with E-state index in [0.29, 0.717) is 24.1 Å². The summed E-state index contributed by atoms with van der Waals surface area (Å²) in [6.45, 7) is 4.59. The molecule has 1 heterocycles. The van der Waals surface area contributed by atoms with Crippen molar-refractivity contribution in [1.82, 2.24) is 15.2 Å². The van der Waals surface area contributed by atoms with E-state index in [4.69, 9.17) is 4.42 Å². The van der Waals surface area contributed by atoms with E-state index >= 15 is 0 Å². The van der Waals surface area contributed by atoms with Crippen LogP contribution in [0.4, 0.5) is 0 Å². The monoisotopic (exact) mass is 395 g/mol. The molecule has 29 heavy (non-hydrogen) atoms. The smallest absolute Gasteiger partial charge is 0.408 e. The molecule has 154 valence electrons. The number of nitrogens with zero attached hydrogens (tertiary/aromatic N) is 1. The lowest BCUT2D eigenvalue weighted by Gasteiger charge is -2.25. The van der Waals surface area contributed by atoms with Crippen LogP contribution in [0, 0.1) is 6.92 Å². The summed E-state index contributed by atoms with van der Waals surface area (Å²) < 4.78 is 5.27. The van der Waals surface area contributed by atoms with Gasteiger partial charge < -0.3 is 14.6 Å². The molecule has 0 aliphatic carbocycles. The quantitative estimate of drug-likeness (QED) is 0.614. The highest BCUT2D eigenvalue weighted by molar-refractivity contribution is 5.77. The van der Waals surface area contributed by atoms with Crippen LogP contribution in [0.5, 0.6) is 0 Å². The Morgan fingerprint density at radius 3 is 2.59 bits per heavy atom. The van der Waals surface area contributed by atoms with Crippen LogP contribution < -0.4 is 11.1 Å². The van der Waals surface area contributed by atoms with E-state index in [1.807, 2.05) is 51.4 Å². The molecule has 0 bridgehead atoms. The number of rotatable bonds is 8. The molecular formula is C23H29N3O3. The van der Waals surface area contributed by atoms with Crippen molar-refractivity contribution in [3.63, 3.8) is 0 Å². The summed E-state index contributed by atoms with van der Waals surface area (Å²) in [5.41, 5.74) is 4.54. The average Bonchev–Trinajstić information content (AvgIpc) is 3.08. The normalized spacial score (nSPS) is 13.6. The first kappa shape index (κ1) is 20.9. The molecule has 2 atom stereocenters. The molecule has 1 aromatic heterocycles. The minimum absolute atomic E-state index is 0.0528. The first-order valence-electron chi connectivity index (χ1n) is 9.94. The number of aromatic nitrogens is 1. The predicted molar refractivity (Wildman–Crippen MR) is 115 cm³/mol. The van der Waals surface area contributed by atoms with E-state index in [1.165, 1.54) is 5.56 Å². The standard InChI is InChI=1S/C23H29N3O3/c1-15(17-8-6-5-7-9-17)12-21(27)24-14-19(26(3)4)13-18-10-11-20-22(16(18)2)29-23(28)25-20/h5-11,15,19H,12-14H2,1-4H3,(H,24,27)(H,25,28)/t15-,19-/m0/s1. The van der Waals surface area contributed by atoms with Gasteiger partial charge in [0.1, 0.15) is 0 Å². The van der Waals surface area contributed by atoms with Gasteiger partial charge in [-0.25, -0.2) is 4.79 Å². The molecule has 3 aromatic rings. The van der Waals surface area contributed by atoms with E-state index in [0.717, 1.165) is 17.5 Å². The van der Waals surface area contributed by atoms with E-state index in [9.17, 15) is 9.59 Å². The van der Waals surface area contributed by atoms with Gasteiger partial charge in [0.25, 0.3) is 0 Å². The fourth-order valence-electron chi connectivity index (χ4n) is 3.58. The largest absolute Gasteiger partial charge is 0.417 e. The highest BCUT2D eigenvalue weighted by Crippen LogP contribution is 2.21. The van der Waals surface area contributed by atoms with Gasteiger partial charge in [-0.2, -0.15) is 0 Å². The zero-order valence-corrected chi connectivity index (χ0v) is 17.5. The number of fused-ring (bicyclic) bond motifs is 1. The molecule has 0 saturated heterocycles. The van der Waals surface area contributed by atoms with Gasteiger partial charge in [0.2, 0.25) is 5.91 Å².